The third kappa shape index (κ3) is 7.61. The molecule has 0 radical (unpaired) electrons. The Morgan fingerprint density at radius 1 is 1.24 bits per heavy atom. The average molecular weight is 454 g/mol. The van der Waals surface area contributed by atoms with E-state index in [2.05, 4.69) is 23.6 Å². The Kier molecular flexibility index (Phi) is 9.42. The number of amidine groups is 1. The number of aryl methyl sites for hydroxylation is 4. The minimum atomic E-state index is -0.406. The van der Waals surface area contributed by atoms with Gasteiger partial charge in [-0.15, -0.1) is 0 Å². The number of hydrogen-bond acceptors (Lipinski definition) is 6. The van der Waals surface area contributed by atoms with Crippen molar-refractivity contribution in [3.8, 4) is 5.75 Å². The number of hydrogen-bond donors (Lipinski definition) is 2. The third-order valence-corrected chi connectivity index (χ3v) is 4.95. The largest absolute Gasteiger partial charge is 0.485 e. The molecule has 0 atom stereocenters. The SMILES string of the molecule is C=C(C=NN(COC(=O)CN(C)C)C(=N)COc1c(C)cc(C)cc1C)c1cc[nH]c1CC. The van der Waals surface area contributed by atoms with Gasteiger partial charge in [0.05, 0.1) is 12.8 Å². The molecule has 0 aliphatic heterocycles. The van der Waals surface area contributed by atoms with Gasteiger partial charge < -0.3 is 14.5 Å². The minimum Gasteiger partial charge on any atom is -0.485 e. The van der Waals surface area contributed by atoms with Gasteiger partial charge in [0.25, 0.3) is 0 Å². The van der Waals surface area contributed by atoms with Crippen molar-refractivity contribution in [2.75, 3.05) is 34.0 Å². The molecule has 1 aromatic heterocycles. The molecule has 0 saturated heterocycles. The minimum absolute atomic E-state index is 0.0237. The third-order valence-electron chi connectivity index (χ3n) is 4.95. The molecule has 2 aromatic rings. The second-order valence-electron chi connectivity index (χ2n) is 8.24. The van der Waals surface area contributed by atoms with Crippen LogP contribution in [0.5, 0.6) is 5.75 Å². The molecule has 0 bridgehead atoms. The van der Waals surface area contributed by atoms with Crippen LogP contribution in [0.1, 0.15) is 34.9 Å². The van der Waals surface area contributed by atoms with E-state index in [1.54, 1.807) is 25.2 Å². The first-order valence-electron chi connectivity index (χ1n) is 10.9. The second-order valence-corrected chi connectivity index (χ2v) is 8.24. The Balaban J connectivity index is 2.14. The number of rotatable bonds is 11. The zero-order valence-corrected chi connectivity index (χ0v) is 20.5. The van der Waals surface area contributed by atoms with Crippen LogP contribution in [0, 0.1) is 26.2 Å². The Morgan fingerprint density at radius 3 is 2.52 bits per heavy atom. The molecular formula is C25H35N5O3. The number of hydrazone groups is 1. The van der Waals surface area contributed by atoms with E-state index in [0.717, 1.165) is 40.1 Å². The molecule has 0 fully saturated rings. The lowest BCUT2D eigenvalue weighted by Gasteiger charge is -2.21. The molecule has 0 aliphatic rings. The molecular weight excluding hydrogens is 418 g/mol. The van der Waals surface area contributed by atoms with Crippen LogP contribution in [0.4, 0.5) is 0 Å². The van der Waals surface area contributed by atoms with E-state index < -0.39 is 5.97 Å². The van der Waals surface area contributed by atoms with Crippen LogP contribution in [-0.2, 0) is 16.0 Å². The molecule has 8 nitrogen and oxygen atoms in total. The van der Waals surface area contributed by atoms with E-state index in [4.69, 9.17) is 14.9 Å². The molecule has 2 N–H and O–H groups in total. The van der Waals surface area contributed by atoms with Crippen LogP contribution in [0.15, 0.2) is 36.1 Å². The highest BCUT2D eigenvalue weighted by Gasteiger charge is 2.15. The molecule has 0 unspecified atom stereocenters. The van der Waals surface area contributed by atoms with Crippen LogP contribution in [-0.4, -0.2) is 66.9 Å². The average Bonchev–Trinajstić information content (AvgIpc) is 3.21. The number of esters is 1. The number of allylic oxidation sites excluding steroid dienone is 1. The molecule has 0 saturated carbocycles. The number of nitrogens with one attached hydrogen (secondary N) is 2. The van der Waals surface area contributed by atoms with Gasteiger partial charge in [-0.2, -0.15) is 5.10 Å². The molecule has 0 spiro atoms. The maximum atomic E-state index is 12.0. The van der Waals surface area contributed by atoms with Gasteiger partial charge in [-0.25, -0.2) is 5.01 Å². The maximum absolute atomic E-state index is 12.0. The molecule has 1 heterocycles. The first-order valence-corrected chi connectivity index (χ1v) is 10.9. The maximum Gasteiger partial charge on any atom is 0.321 e. The lowest BCUT2D eigenvalue weighted by Crippen LogP contribution is -2.35. The van der Waals surface area contributed by atoms with Crippen molar-refractivity contribution < 1.29 is 14.3 Å². The number of ether oxygens (including phenoxy) is 2. The van der Waals surface area contributed by atoms with Crippen molar-refractivity contribution in [1.29, 1.82) is 5.41 Å². The Bertz CT molecular complexity index is 1000. The highest BCUT2D eigenvalue weighted by molar-refractivity contribution is 6.09. The van der Waals surface area contributed by atoms with Crippen LogP contribution < -0.4 is 4.74 Å². The Morgan fingerprint density at radius 2 is 1.91 bits per heavy atom. The Labute approximate surface area is 196 Å². The molecule has 33 heavy (non-hydrogen) atoms. The zero-order valence-electron chi connectivity index (χ0n) is 20.5. The van der Waals surface area contributed by atoms with Crippen molar-refractivity contribution in [1.82, 2.24) is 14.9 Å². The van der Waals surface area contributed by atoms with Gasteiger partial charge in [0, 0.05) is 17.5 Å². The van der Waals surface area contributed by atoms with Crippen LogP contribution >= 0.6 is 0 Å². The summed E-state index contributed by atoms with van der Waals surface area (Å²) in [5.41, 5.74) is 5.86. The first-order chi connectivity index (χ1) is 15.6. The normalized spacial score (nSPS) is 11.1. The fourth-order valence-corrected chi connectivity index (χ4v) is 3.43. The summed E-state index contributed by atoms with van der Waals surface area (Å²) in [5.74, 6) is 0.390. The number of likely N-dealkylation sites (N-methyl/N-ethyl adjacent to an activating group) is 1. The van der Waals surface area contributed by atoms with Gasteiger partial charge in [-0.05, 0) is 64.1 Å². The Hall–Kier alpha value is -3.39. The number of aromatic amines is 1. The molecule has 178 valence electrons. The summed E-state index contributed by atoms with van der Waals surface area (Å²) in [6.07, 6.45) is 4.26. The van der Waals surface area contributed by atoms with E-state index in [9.17, 15) is 4.79 Å². The van der Waals surface area contributed by atoms with Gasteiger partial charge in [-0.3, -0.25) is 15.1 Å². The number of aromatic nitrogens is 1. The van der Waals surface area contributed by atoms with Crippen molar-refractivity contribution in [2.24, 2.45) is 5.10 Å². The predicted octanol–water partition coefficient (Wildman–Crippen LogP) is 3.92. The molecule has 8 heteroatoms. The van der Waals surface area contributed by atoms with Crippen molar-refractivity contribution in [2.45, 2.75) is 34.1 Å². The fourth-order valence-electron chi connectivity index (χ4n) is 3.43. The van der Waals surface area contributed by atoms with Crippen molar-refractivity contribution in [3.05, 3.63) is 58.9 Å². The number of nitrogens with zero attached hydrogens (tertiary/aromatic N) is 3. The lowest BCUT2D eigenvalue weighted by molar-refractivity contribution is -0.147. The summed E-state index contributed by atoms with van der Waals surface area (Å²) in [4.78, 5) is 16.9. The van der Waals surface area contributed by atoms with Crippen LogP contribution in [0.2, 0.25) is 0 Å². The van der Waals surface area contributed by atoms with Crippen molar-refractivity contribution in [3.63, 3.8) is 0 Å². The summed E-state index contributed by atoms with van der Waals surface area (Å²) >= 11 is 0. The standard InChI is InChI=1S/C25H35N5O3/c1-8-22-21(9-10-27-22)20(5)13-28-30(16-33-24(31)14-29(6)7)23(26)15-32-25-18(3)11-17(2)12-19(25)4/h9-13,26-27H,5,8,14-16H2,1-4,6-7H3. The van der Waals surface area contributed by atoms with E-state index in [-0.39, 0.29) is 25.7 Å². The number of carbonyl (C=O) groups excluding carboxylic acids is 1. The van der Waals surface area contributed by atoms with Gasteiger partial charge in [0.1, 0.15) is 12.4 Å². The zero-order chi connectivity index (χ0) is 24.5. The van der Waals surface area contributed by atoms with Crippen LogP contribution in [0.25, 0.3) is 5.57 Å². The molecule has 2 rings (SSSR count). The number of benzene rings is 1. The van der Waals surface area contributed by atoms with Gasteiger partial charge >= 0.3 is 5.97 Å². The summed E-state index contributed by atoms with van der Waals surface area (Å²) in [6.45, 7) is 12.0. The lowest BCUT2D eigenvalue weighted by atomic mass is 10.1. The van der Waals surface area contributed by atoms with E-state index >= 15 is 0 Å². The molecule has 0 amide bonds. The molecule has 1 aromatic carbocycles. The topological polar surface area (TPSA) is 94.0 Å². The second kappa shape index (κ2) is 12.0. The smallest absolute Gasteiger partial charge is 0.321 e. The van der Waals surface area contributed by atoms with Gasteiger partial charge in [0.15, 0.2) is 12.6 Å². The summed E-state index contributed by atoms with van der Waals surface area (Å²) < 4.78 is 11.3. The summed E-state index contributed by atoms with van der Waals surface area (Å²) in [5, 5.41) is 14.2. The number of H-pyrrole nitrogens is 1. The predicted molar refractivity (Wildman–Crippen MR) is 133 cm³/mol. The number of carbonyl (C=O) groups is 1. The van der Waals surface area contributed by atoms with Gasteiger partial charge in [0.2, 0.25) is 0 Å². The first kappa shape index (κ1) is 25.9. The summed E-state index contributed by atoms with van der Waals surface area (Å²) in [7, 11) is 3.57. The fraction of sp³-hybridized carbons (Fsp3) is 0.400. The van der Waals surface area contributed by atoms with E-state index in [0.29, 0.717) is 5.57 Å². The highest BCUT2D eigenvalue weighted by atomic mass is 16.5. The van der Waals surface area contributed by atoms with Crippen LogP contribution in [0.3, 0.4) is 0 Å². The quantitative estimate of drug-likeness (QED) is 0.177. The summed E-state index contributed by atoms with van der Waals surface area (Å²) in [6, 6.07) is 6.01. The highest BCUT2D eigenvalue weighted by Crippen LogP contribution is 2.24. The van der Waals surface area contributed by atoms with E-state index in [1.807, 2.05) is 45.2 Å². The van der Waals surface area contributed by atoms with E-state index in [1.165, 1.54) is 5.01 Å². The van der Waals surface area contributed by atoms with Crippen molar-refractivity contribution >= 4 is 23.6 Å². The monoisotopic (exact) mass is 453 g/mol. The molecule has 0 aliphatic carbocycles. The van der Waals surface area contributed by atoms with Gasteiger partial charge in [-0.1, -0.05) is 31.2 Å².